The highest BCUT2D eigenvalue weighted by atomic mass is 16.6. The fraction of sp³-hybridized carbons (Fsp3) is 0.407. The molecule has 10 nitrogen and oxygen atoms in total. The van der Waals surface area contributed by atoms with E-state index in [4.69, 9.17) is 4.74 Å². The van der Waals surface area contributed by atoms with Crippen molar-refractivity contribution in [2.45, 2.75) is 37.9 Å². The van der Waals surface area contributed by atoms with Gasteiger partial charge in [-0.25, -0.2) is 9.59 Å². The number of carbonyl (C=O) groups excluding carboxylic acids is 3. The molecule has 0 aromatic heterocycles. The van der Waals surface area contributed by atoms with Crippen LogP contribution in [0.25, 0.3) is 0 Å². The molecule has 10 heteroatoms. The molecule has 4 rings (SSSR count). The summed E-state index contributed by atoms with van der Waals surface area (Å²) in [4.78, 5) is 55.0. The number of piperazine rings is 1. The first-order chi connectivity index (χ1) is 17.8. The molecule has 0 radical (unpaired) electrons. The van der Waals surface area contributed by atoms with Crippen LogP contribution in [0.3, 0.4) is 0 Å². The van der Waals surface area contributed by atoms with E-state index < -0.39 is 30.1 Å². The summed E-state index contributed by atoms with van der Waals surface area (Å²) in [5.41, 5.74) is 1.46. The second-order valence-corrected chi connectivity index (χ2v) is 9.47. The van der Waals surface area contributed by atoms with Gasteiger partial charge in [0.25, 0.3) is 0 Å². The Kier molecular flexibility index (Phi) is 8.39. The van der Waals surface area contributed by atoms with E-state index in [2.05, 4.69) is 10.2 Å². The number of carboxylic acid groups (broad SMARTS) is 1. The summed E-state index contributed by atoms with van der Waals surface area (Å²) in [5, 5.41) is 12.8. The van der Waals surface area contributed by atoms with Crippen LogP contribution in [0.5, 0.6) is 5.75 Å². The quantitative estimate of drug-likeness (QED) is 0.557. The second kappa shape index (κ2) is 11.9. The van der Waals surface area contributed by atoms with Gasteiger partial charge in [-0.3, -0.25) is 9.59 Å². The van der Waals surface area contributed by atoms with Gasteiger partial charge in [0.05, 0.1) is 0 Å². The monoisotopic (exact) mass is 508 g/mol. The zero-order valence-corrected chi connectivity index (χ0v) is 20.8. The molecule has 0 spiro atoms. The molecule has 0 aliphatic carbocycles. The highest BCUT2D eigenvalue weighted by Gasteiger charge is 2.37. The number of carbonyl (C=O) groups is 4. The lowest BCUT2D eigenvalue weighted by Gasteiger charge is -2.32. The first-order valence-electron chi connectivity index (χ1n) is 12.4. The summed E-state index contributed by atoms with van der Waals surface area (Å²) >= 11 is 0. The fourth-order valence-corrected chi connectivity index (χ4v) is 4.52. The Bertz CT molecular complexity index is 1120. The van der Waals surface area contributed by atoms with Crippen LogP contribution in [-0.2, 0) is 27.3 Å². The van der Waals surface area contributed by atoms with Crippen molar-refractivity contribution in [2.75, 3.05) is 33.2 Å². The molecule has 0 unspecified atom stereocenters. The molecule has 2 saturated heterocycles. The van der Waals surface area contributed by atoms with Crippen LogP contribution >= 0.6 is 0 Å². The fourth-order valence-electron chi connectivity index (χ4n) is 4.52. The summed E-state index contributed by atoms with van der Waals surface area (Å²) in [6.45, 7) is 2.87. The van der Waals surface area contributed by atoms with Crippen molar-refractivity contribution in [3.8, 4) is 5.75 Å². The van der Waals surface area contributed by atoms with Crippen molar-refractivity contribution in [1.82, 2.24) is 20.0 Å². The molecular weight excluding hydrogens is 476 g/mol. The maximum atomic E-state index is 13.4. The SMILES string of the molecule is CN1CCN(C(=O)Oc2ccc(C[C@@H](C(=O)O)N(Cc3ccccc3)C(=O)[C@@H]3CCC(=O)N3)cc2)CC1. The number of nitrogens with one attached hydrogen (secondary N) is 1. The van der Waals surface area contributed by atoms with Crippen LogP contribution in [0.4, 0.5) is 4.79 Å². The zero-order chi connectivity index (χ0) is 26.4. The number of hydrogen-bond acceptors (Lipinski definition) is 6. The Balaban J connectivity index is 1.47. The number of amides is 3. The Morgan fingerprint density at radius 2 is 1.70 bits per heavy atom. The molecule has 196 valence electrons. The lowest BCUT2D eigenvalue weighted by molar-refractivity contribution is -0.151. The van der Waals surface area contributed by atoms with E-state index in [1.54, 1.807) is 29.2 Å². The van der Waals surface area contributed by atoms with Crippen LogP contribution in [0.1, 0.15) is 24.0 Å². The van der Waals surface area contributed by atoms with Crippen LogP contribution < -0.4 is 10.1 Å². The topological polar surface area (TPSA) is 119 Å². The van der Waals surface area contributed by atoms with Gasteiger partial charge in [-0.1, -0.05) is 42.5 Å². The van der Waals surface area contributed by atoms with E-state index in [0.717, 1.165) is 18.7 Å². The third-order valence-corrected chi connectivity index (χ3v) is 6.75. The third-order valence-electron chi connectivity index (χ3n) is 6.75. The van der Waals surface area contributed by atoms with E-state index in [9.17, 15) is 24.3 Å². The minimum atomic E-state index is -1.15. The van der Waals surface area contributed by atoms with E-state index in [0.29, 0.717) is 30.8 Å². The van der Waals surface area contributed by atoms with E-state index in [1.165, 1.54) is 4.90 Å². The molecule has 2 fully saturated rings. The van der Waals surface area contributed by atoms with Gasteiger partial charge in [0.15, 0.2) is 0 Å². The molecule has 2 atom stereocenters. The molecule has 2 aliphatic heterocycles. The first kappa shape index (κ1) is 26.2. The molecule has 0 saturated carbocycles. The summed E-state index contributed by atoms with van der Waals surface area (Å²) in [7, 11) is 2.00. The van der Waals surface area contributed by atoms with Crippen molar-refractivity contribution in [2.24, 2.45) is 0 Å². The number of aliphatic carboxylic acids is 1. The number of rotatable bonds is 8. The minimum Gasteiger partial charge on any atom is -0.480 e. The van der Waals surface area contributed by atoms with Crippen LogP contribution in [-0.4, -0.2) is 89.0 Å². The number of hydrogen-bond donors (Lipinski definition) is 2. The average molecular weight is 509 g/mol. The summed E-state index contributed by atoms with van der Waals surface area (Å²) in [5.74, 6) is -1.41. The summed E-state index contributed by atoms with van der Waals surface area (Å²) in [6.07, 6.45) is 0.216. The molecule has 2 aromatic carbocycles. The Hall–Kier alpha value is -3.92. The predicted octanol–water partition coefficient (Wildman–Crippen LogP) is 1.74. The van der Waals surface area contributed by atoms with Gasteiger partial charge >= 0.3 is 12.1 Å². The molecule has 0 bridgehead atoms. The van der Waals surface area contributed by atoms with E-state index in [-0.39, 0.29) is 25.3 Å². The Morgan fingerprint density at radius 3 is 2.30 bits per heavy atom. The van der Waals surface area contributed by atoms with Crippen molar-refractivity contribution in [3.63, 3.8) is 0 Å². The van der Waals surface area contributed by atoms with Gasteiger partial charge < -0.3 is 29.9 Å². The molecule has 37 heavy (non-hydrogen) atoms. The molecule has 2 aliphatic rings. The van der Waals surface area contributed by atoms with Gasteiger partial charge in [-0.15, -0.1) is 0 Å². The van der Waals surface area contributed by atoms with Gasteiger partial charge in [0, 0.05) is 45.6 Å². The average Bonchev–Trinajstić information content (AvgIpc) is 3.33. The predicted molar refractivity (Wildman–Crippen MR) is 135 cm³/mol. The van der Waals surface area contributed by atoms with Gasteiger partial charge in [0.1, 0.15) is 17.8 Å². The smallest absolute Gasteiger partial charge is 0.415 e. The molecular formula is C27H32N4O6. The first-order valence-corrected chi connectivity index (χ1v) is 12.4. The second-order valence-electron chi connectivity index (χ2n) is 9.47. The Morgan fingerprint density at radius 1 is 1.03 bits per heavy atom. The summed E-state index contributed by atoms with van der Waals surface area (Å²) < 4.78 is 5.49. The Labute approximate surface area is 215 Å². The molecule has 3 amide bonds. The van der Waals surface area contributed by atoms with Crippen LogP contribution in [0, 0.1) is 0 Å². The number of likely N-dealkylation sites (N-methyl/N-ethyl adjacent to an activating group) is 1. The van der Waals surface area contributed by atoms with Crippen LogP contribution in [0.2, 0.25) is 0 Å². The minimum absolute atomic E-state index is 0.0568. The zero-order valence-electron chi connectivity index (χ0n) is 20.8. The lowest BCUT2D eigenvalue weighted by Crippen LogP contribution is -2.52. The molecule has 2 aromatic rings. The van der Waals surface area contributed by atoms with E-state index >= 15 is 0 Å². The maximum absolute atomic E-state index is 13.4. The van der Waals surface area contributed by atoms with Crippen molar-refractivity contribution >= 4 is 23.9 Å². The molecule has 2 heterocycles. The maximum Gasteiger partial charge on any atom is 0.415 e. The number of benzene rings is 2. The van der Waals surface area contributed by atoms with Crippen LogP contribution in [0.15, 0.2) is 54.6 Å². The van der Waals surface area contributed by atoms with Crippen molar-refractivity contribution in [3.05, 3.63) is 65.7 Å². The van der Waals surface area contributed by atoms with E-state index in [1.807, 2.05) is 37.4 Å². The number of ether oxygens (including phenoxy) is 1. The largest absolute Gasteiger partial charge is 0.480 e. The number of nitrogens with zero attached hydrogens (tertiary/aromatic N) is 3. The normalized spacial score (nSPS) is 18.7. The highest BCUT2D eigenvalue weighted by Crippen LogP contribution is 2.21. The standard InChI is InChI=1S/C27H32N4O6/c1-29-13-15-30(16-14-29)27(36)37-21-9-7-19(8-10-21)17-23(26(34)35)31(18-20-5-3-2-4-6-20)25(33)22-11-12-24(32)28-22/h2-10,22-23H,11-18H2,1H3,(H,28,32)(H,34,35)/t22-,23-/m0/s1. The van der Waals surface area contributed by atoms with Crippen molar-refractivity contribution < 1.29 is 29.0 Å². The number of carboxylic acids is 1. The van der Waals surface area contributed by atoms with Gasteiger partial charge in [-0.05, 0) is 36.7 Å². The van der Waals surface area contributed by atoms with Gasteiger partial charge in [0.2, 0.25) is 11.8 Å². The lowest BCUT2D eigenvalue weighted by atomic mass is 10.0. The highest BCUT2D eigenvalue weighted by molar-refractivity contribution is 5.93. The van der Waals surface area contributed by atoms with Crippen molar-refractivity contribution in [1.29, 1.82) is 0 Å². The van der Waals surface area contributed by atoms with Gasteiger partial charge in [-0.2, -0.15) is 0 Å². The molecule has 2 N–H and O–H groups in total. The summed E-state index contributed by atoms with van der Waals surface area (Å²) in [6, 6.07) is 13.9. The third kappa shape index (κ3) is 6.85.